The number of rotatable bonds is 3. The normalized spacial score (nSPS) is 26.8. The van der Waals surface area contributed by atoms with Crippen molar-refractivity contribution < 1.29 is 4.79 Å². The molecule has 0 radical (unpaired) electrons. The second-order valence-electron chi connectivity index (χ2n) is 9.10. The molecule has 2 atom stereocenters. The Kier molecular flexibility index (Phi) is 4.06. The standard InChI is InChI=1S/C22H26N4OS/c1-21(2)16-8-10-22(21,3)19-18(16)24-25-20(23-19)28-13-17(27)26-11-9-14-6-4-5-7-15(14)12-26/h4-7,16H,8-13H2,1-3H3/t16-,22-/m0/s1. The molecule has 5 rings (SSSR count). The number of nitrogens with zero attached hydrogens (tertiary/aromatic N) is 4. The van der Waals surface area contributed by atoms with Crippen molar-refractivity contribution in [2.75, 3.05) is 12.3 Å². The molecule has 0 unspecified atom stereocenters. The van der Waals surface area contributed by atoms with Crippen molar-refractivity contribution in [1.82, 2.24) is 20.1 Å². The van der Waals surface area contributed by atoms with E-state index in [9.17, 15) is 4.79 Å². The van der Waals surface area contributed by atoms with Crippen LogP contribution in [-0.4, -0.2) is 38.3 Å². The molecule has 1 fully saturated rings. The molecule has 5 nitrogen and oxygen atoms in total. The first kappa shape index (κ1) is 18.1. The molecule has 1 aromatic heterocycles. The molecule has 0 N–H and O–H groups in total. The summed E-state index contributed by atoms with van der Waals surface area (Å²) in [4.78, 5) is 19.6. The van der Waals surface area contributed by atoms with E-state index < -0.39 is 0 Å². The van der Waals surface area contributed by atoms with Gasteiger partial charge in [0.2, 0.25) is 11.1 Å². The molecular weight excluding hydrogens is 368 g/mol. The fraction of sp³-hybridized carbons (Fsp3) is 0.545. The summed E-state index contributed by atoms with van der Waals surface area (Å²) in [5.74, 6) is 0.977. The monoisotopic (exact) mass is 394 g/mol. The van der Waals surface area contributed by atoms with Crippen LogP contribution in [0.4, 0.5) is 0 Å². The molecule has 2 aliphatic carbocycles. The summed E-state index contributed by atoms with van der Waals surface area (Å²) in [7, 11) is 0. The van der Waals surface area contributed by atoms with Gasteiger partial charge in [0.15, 0.2) is 0 Å². The number of amides is 1. The van der Waals surface area contributed by atoms with Gasteiger partial charge in [0.25, 0.3) is 0 Å². The van der Waals surface area contributed by atoms with Crippen LogP contribution in [-0.2, 0) is 23.2 Å². The van der Waals surface area contributed by atoms with Gasteiger partial charge in [-0.1, -0.05) is 56.8 Å². The summed E-state index contributed by atoms with van der Waals surface area (Å²) >= 11 is 1.42. The van der Waals surface area contributed by atoms with E-state index in [2.05, 4.69) is 49.2 Å². The molecule has 2 heterocycles. The first-order valence-electron chi connectivity index (χ1n) is 10.1. The lowest BCUT2D eigenvalue weighted by molar-refractivity contribution is -0.129. The van der Waals surface area contributed by atoms with Crippen LogP contribution in [0.3, 0.4) is 0 Å². The predicted octanol–water partition coefficient (Wildman–Crippen LogP) is 3.72. The average molecular weight is 395 g/mol. The van der Waals surface area contributed by atoms with Crippen LogP contribution in [0.15, 0.2) is 29.4 Å². The zero-order chi connectivity index (χ0) is 19.5. The van der Waals surface area contributed by atoms with E-state index in [1.54, 1.807) is 0 Å². The van der Waals surface area contributed by atoms with Gasteiger partial charge in [-0.25, -0.2) is 4.98 Å². The quantitative estimate of drug-likeness (QED) is 0.743. The molecule has 1 amide bonds. The van der Waals surface area contributed by atoms with Gasteiger partial charge in [0.05, 0.1) is 17.1 Å². The summed E-state index contributed by atoms with van der Waals surface area (Å²) in [5, 5.41) is 9.53. The average Bonchev–Trinajstić information content (AvgIpc) is 3.04. The summed E-state index contributed by atoms with van der Waals surface area (Å²) in [5.41, 5.74) is 5.06. The summed E-state index contributed by atoms with van der Waals surface area (Å²) in [6.45, 7) is 8.47. The fourth-order valence-electron chi connectivity index (χ4n) is 5.35. The molecule has 28 heavy (non-hydrogen) atoms. The SMILES string of the molecule is CC1(C)[C@H]2CC[C@@]1(C)c1nc(SCC(=O)N3CCc4ccccc4C3)nnc12. The van der Waals surface area contributed by atoms with Crippen molar-refractivity contribution in [2.24, 2.45) is 5.41 Å². The summed E-state index contributed by atoms with van der Waals surface area (Å²) in [6, 6.07) is 8.39. The Balaban J connectivity index is 1.28. The molecule has 3 aliphatic rings. The molecule has 146 valence electrons. The van der Waals surface area contributed by atoms with E-state index in [1.807, 2.05) is 11.0 Å². The Morgan fingerprint density at radius 2 is 2.00 bits per heavy atom. The summed E-state index contributed by atoms with van der Waals surface area (Å²) in [6.07, 6.45) is 3.26. The number of fused-ring (bicyclic) bond motifs is 6. The lowest BCUT2D eigenvalue weighted by atomic mass is 9.70. The zero-order valence-electron chi connectivity index (χ0n) is 16.7. The first-order chi connectivity index (χ1) is 13.4. The molecule has 1 saturated carbocycles. The van der Waals surface area contributed by atoms with Crippen LogP contribution in [0.25, 0.3) is 0 Å². The number of carbonyl (C=O) groups is 1. The van der Waals surface area contributed by atoms with Crippen LogP contribution in [0.2, 0.25) is 0 Å². The number of hydrogen-bond donors (Lipinski definition) is 0. The van der Waals surface area contributed by atoms with Crippen LogP contribution in [0.5, 0.6) is 0 Å². The Labute approximate surface area is 170 Å². The number of hydrogen-bond acceptors (Lipinski definition) is 5. The van der Waals surface area contributed by atoms with E-state index in [-0.39, 0.29) is 16.7 Å². The van der Waals surface area contributed by atoms with E-state index in [0.29, 0.717) is 23.4 Å². The number of carbonyl (C=O) groups excluding carboxylic acids is 1. The van der Waals surface area contributed by atoms with Crippen molar-refractivity contribution in [3.63, 3.8) is 0 Å². The van der Waals surface area contributed by atoms with Crippen molar-refractivity contribution >= 4 is 17.7 Å². The van der Waals surface area contributed by atoms with Crippen LogP contribution >= 0.6 is 11.8 Å². The number of benzene rings is 1. The lowest BCUT2D eigenvalue weighted by Gasteiger charge is -2.34. The van der Waals surface area contributed by atoms with Gasteiger partial charge >= 0.3 is 0 Å². The van der Waals surface area contributed by atoms with Gasteiger partial charge < -0.3 is 4.90 Å². The molecule has 6 heteroatoms. The number of aromatic nitrogens is 3. The second kappa shape index (κ2) is 6.28. The smallest absolute Gasteiger partial charge is 0.233 e. The maximum absolute atomic E-state index is 12.7. The van der Waals surface area contributed by atoms with Gasteiger partial charge in [-0.3, -0.25) is 4.79 Å². The Hall–Kier alpha value is -1.95. The Morgan fingerprint density at radius 3 is 2.82 bits per heavy atom. The third kappa shape index (κ3) is 2.53. The maximum atomic E-state index is 12.7. The predicted molar refractivity (Wildman–Crippen MR) is 109 cm³/mol. The van der Waals surface area contributed by atoms with Crippen molar-refractivity contribution in [3.05, 3.63) is 46.8 Å². The highest BCUT2D eigenvalue weighted by atomic mass is 32.2. The molecule has 0 saturated heterocycles. The lowest BCUT2D eigenvalue weighted by Crippen LogP contribution is -2.37. The van der Waals surface area contributed by atoms with E-state index in [0.717, 1.165) is 30.8 Å². The van der Waals surface area contributed by atoms with E-state index in [1.165, 1.54) is 29.3 Å². The highest BCUT2D eigenvalue weighted by molar-refractivity contribution is 7.99. The molecular formula is C22H26N4OS. The maximum Gasteiger partial charge on any atom is 0.233 e. The Bertz CT molecular complexity index is 959. The van der Waals surface area contributed by atoms with Gasteiger partial charge in [0.1, 0.15) is 0 Å². The first-order valence-corrected chi connectivity index (χ1v) is 11.1. The summed E-state index contributed by atoms with van der Waals surface area (Å²) < 4.78 is 0. The third-order valence-electron chi connectivity index (χ3n) is 7.58. The van der Waals surface area contributed by atoms with Crippen molar-refractivity contribution in [2.45, 2.75) is 63.1 Å². The molecule has 2 aromatic rings. The highest BCUT2D eigenvalue weighted by Crippen LogP contribution is 2.66. The van der Waals surface area contributed by atoms with Crippen LogP contribution in [0, 0.1) is 5.41 Å². The zero-order valence-corrected chi connectivity index (χ0v) is 17.6. The van der Waals surface area contributed by atoms with Crippen LogP contribution in [0.1, 0.15) is 62.0 Å². The van der Waals surface area contributed by atoms with Crippen molar-refractivity contribution in [1.29, 1.82) is 0 Å². The topological polar surface area (TPSA) is 59.0 Å². The number of thioether (sulfide) groups is 1. The van der Waals surface area contributed by atoms with Gasteiger partial charge in [-0.15, -0.1) is 5.10 Å². The molecule has 0 spiro atoms. The Morgan fingerprint density at radius 1 is 1.21 bits per heavy atom. The third-order valence-corrected chi connectivity index (χ3v) is 8.40. The van der Waals surface area contributed by atoms with E-state index >= 15 is 0 Å². The largest absolute Gasteiger partial charge is 0.337 e. The van der Waals surface area contributed by atoms with Crippen LogP contribution < -0.4 is 0 Å². The molecule has 1 aromatic carbocycles. The highest BCUT2D eigenvalue weighted by Gasteiger charge is 2.61. The minimum absolute atomic E-state index is 0.0683. The molecule has 1 aliphatic heterocycles. The molecule has 2 bridgehead atoms. The van der Waals surface area contributed by atoms with Crippen molar-refractivity contribution in [3.8, 4) is 0 Å². The van der Waals surface area contributed by atoms with Gasteiger partial charge in [-0.05, 0) is 35.8 Å². The van der Waals surface area contributed by atoms with Gasteiger partial charge in [-0.2, -0.15) is 5.10 Å². The van der Waals surface area contributed by atoms with E-state index in [4.69, 9.17) is 4.98 Å². The minimum atomic E-state index is 0.0683. The second-order valence-corrected chi connectivity index (χ2v) is 10.0. The fourth-order valence-corrected chi connectivity index (χ4v) is 6.04. The van der Waals surface area contributed by atoms with Gasteiger partial charge in [0, 0.05) is 24.4 Å². The minimum Gasteiger partial charge on any atom is -0.337 e.